The Bertz CT molecular complexity index is 602. The Balaban J connectivity index is 2.29. The van der Waals surface area contributed by atoms with Crippen molar-refractivity contribution in [3.8, 4) is 5.75 Å². The maximum Gasteiger partial charge on any atom is 0.216 e. The number of H-pyrrole nitrogens is 1. The van der Waals surface area contributed by atoms with E-state index in [2.05, 4.69) is 17.2 Å². The van der Waals surface area contributed by atoms with Crippen LogP contribution in [0.2, 0.25) is 0 Å². The third-order valence-electron chi connectivity index (χ3n) is 3.51. The zero-order valence-electron chi connectivity index (χ0n) is 12.1. The lowest BCUT2D eigenvalue weighted by Crippen LogP contribution is -2.22. The molecule has 4 heteroatoms. The second kappa shape index (κ2) is 6.46. The third kappa shape index (κ3) is 3.32. The molecule has 0 aliphatic carbocycles. The van der Waals surface area contributed by atoms with Crippen LogP contribution in [0.3, 0.4) is 0 Å². The Hall–Kier alpha value is -1.97. The molecule has 0 saturated carbocycles. The SMILES string of the molecule is CCCCc1[nH]c2ccc(O)cc2c1CCNC(C)=O. The first kappa shape index (κ1) is 14.4. The number of aromatic nitrogens is 1. The van der Waals surface area contributed by atoms with E-state index in [0.717, 1.165) is 36.6 Å². The second-order valence-electron chi connectivity index (χ2n) is 5.15. The molecule has 0 spiro atoms. The standard InChI is InChI=1S/C16H22N2O2/c1-3-4-5-15-13(8-9-17-11(2)19)14-10-12(20)6-7-16(14)18-15/h6-7,10,18,20H,3-5,8-9H2,1-2H3,(H,17,19). The van der Waals surface area contributed by atoms with Crippen molar-refractivity contribution in [3.63, 3.8) is 0 Å². The molecule has 3 N–H and O–H groups in total. The van der Waals surface area contributed by atoms with E-state index in [9.17, 15) is 9.90 Å². The summed E-state index contributed by atoms with van der Waals surface area (Å²) in [6, 6.07) is 5.40. The van der Waals surface area contributed by atoms with Gasteiger partial charge >= 0.3 is 0 Å². The zero-order chi connectivity index (χ0) is 14.5. The minimum atomic E-state index is -0.0113. The number of hydrogen-bond donors (Lipinski definition) is 3. The number of amides is 1. The van der Waals surface area contributed by atoms with Crippen molar-refractivity contribution in [2.24, 2.45) is 0 Å². The van der Waals surface area contributed by atoms with Gasteiger partial charge in [-0.1, -0.05) is 13.3 Å². The van der Waals surface area contributed by atoms with Gasteiger partial charge in [-0.2, -0.15) is 0 Å². The molecule has 4 nitrogen and oxygen atoms in total. The quantitative estimate of drug-likeness (QED) is 0.758. The fourth-order valence-electron chi connectivity index (χ4n) is 2.51. The van der Waals surface area contributed by atoms with Gasteiger partial charge in [-0.05, 0) is 43.0 Å². The molecule has 0 bridgehead atoms. The molecule has 2 aromatic rings. The molecule has 0 atom stereocenters. The highest BCUT2D eigenvalue weighted by Gasteiger charge is 2.11. The number of aryl methyl sites for hydroxylation is 1. The summed E-state index contributed by atoms with van der Waals surface area (Å²) in [5.41, 5.74) is 3.47. The molecule has 0 aliphatic rings. The fourth-order valence-corrected chi connectivity index (χ4v) is 2.51. The Kier molecular flexibility index (Phi) is 4.66. The average Bonchev–Trinajstić information content (AvgIpc) is 2.74. The Morgan fingerprint density at radius 3 is 2.85 bits per heavy atom. The average molecular weight is 274 g/mol. The van der Waals surface area contributed by atoms with Gasteiger partial charge in [0, 0.05) is 30.1 Å². The van der Waals surface area contributed by atoms with Crippen LogP contribution >= 0.6 is 0 Å². The lowest BCUT2D eigenvalue weighted by molar-refractivity contribution is -0.118. The summed E-state index contributed by atoms with van der Waals surface area (Å²) in [4.78, 5) is 14.4. The Labute approximate surface area is 119 Å². The summed E-state index contributed by atoms with van der Waals surface area (Å²) >= 11 is 0. The summed E-state index contributed by atoms with van der Waals surface area (Å²) in [6.07, 6.45) is 4.06. The highest BCUT2D eigenvalue weighted by atomic mass is 16.3. The number of hydrogen-bond acceptors (Lipinski definition) is 2. The number of aromatic hydroxyl groups is 1. The van der Waals surface area contributed by atoms with Crippen LogP contribution in [0.15, 0.2) is 18.2 Å². The van der Waals surface area contributed by atoms with Crippen LogP contribution in [0.25, 0.3) is 10.9 Å². The molecule has 1 aromatic carbocycles. The van der Waals surface area contributed by atoms with Crippen LogP contribution < -0.4 is 5.32 Å². The molecule has 20 heavy (non-hydrogen) atoms. The molecular formula is C16H22N2O2. The van der Waals surface area contributed by atoms with Crippen LogP contribution in [0.4, 0.5) is 0 Å². The summed E-state index contributed by atoms with van der Waals surface area (Å²) in [6.45, 7) is 4.32. The van der Waals surface area contributed by atoms with Gasteiger partial charge < -0.3 is 15.4 Å². The molecule has 1 heterocycles. The topological polar surface area (TPSA) is 65.1 Å². The minimum Gasteiger partial charge on any atom is -0.508 e. The number of rotatable bonds is 6. The first-order valence-corrected chi connectivity index (χ1v) is 7.18. The van der Waals surface area contributed by atoms with E-state index >= 15 is 0 Å². The number of unbranched alkanes of at least 4 members (excludes halogenated alkanes) is 1. The van der Waals surface area contributed by atoms with Gasteiger partial charge in [0.05, 0.1) is 0 Å². The van der Waals surface area contributed by atoms with Gasteiger partial charge in [0.1, 0.15) is 5.75 Å². The largest absolute Gasteiger partial charge is 0.508 e. The molecule has 0 unspecified atom stereocenters. The number of benzene rings is 1. The van der Waals surface area contributed by atoms with E-state index in [-0.39, 0.29) is 11.7 Å². The number of carbonyl (C=O) groups excluding carboxylic acids is 1. The summed E-state index contributed by atoms with van der Waals surface area (Å²) in [5.74, 6) is 0.266. The summed E-state index contributed by atoms with van der Waals surface area (Å²) in [7, 11) is 0. The van der Waals surface area contributed by atoms with Crippen molar-refractivity contribution in [1.29, 1.82) is 0 Å². The fraction of sp³-hybridized carbons (Fsp3) is 0.438. The van der Waals surface area contributed by atoms with E-state index < -0.39 is 0 Å². The Morgan fingerprint density at radius 2 is 2.15 bits per heavy atom. The Morgan fingerprint density at radius 1 is 1.35 bits per heavy atom. The molecule has 0 fully saturated rings. The molecule has 0 radical (unpaired) electrons. The van der Waals surface area contributed by atoms with Crippen LogP contribution in [-0.2, 0) is 17.6 Å². The number of phenolic OH excluding ortho intramolecular Hbond substituents is 1. The van der Waals surface area contributed by atoms with Crippen LogP contribution in [0.5, 0.6) is 5.75 Å². The van der Waals surface area contributed by atoms with Crippen molar-refractivity contribution in [2.45, 2.75) is 39.5 Å². The van der Waals surface area contributed by atoms with E-state index in [1.54, 1.807) is 12.1 Å². The molecule has 0 saturated heterocycles. The van der Waals surface area contributed by atoms with Gasteiger partial charge in [-0.3, -0.25) is 4.79 Å². The summed E-state index contributed by atoms with van der Waals surface area (Å²) < 4.78 is 0. The van der Waals surface area contributed by atoms with Crippen LogP contribution in [-0.4, -0.2) is 22.5 Å². The third-order valence-corrected chi connectivity index (χ3v) is 3.51. The van der Waals surface area contributed by atoms with Gasteiger partial charge in [-0.25, -0.2) is 0 Å². The van der Waals surface area contributed by atoms with Crippen LogP contribution in [0.1, 0.15) is 37.9 Å². The lowest BCUT2D eigenvalue weighted by Gasteiger charge is -2.05. The predicted octanol–water partition coefficient (Wildman–Crippen LogP) is 2.89. The molecule has 1 amide bonds. The summed E-state index contributed by atoms with van der Waals surface area (Å²) in [5, 5.41) is 13.6. The van der Waals surface area contributed by atoms with Gasteiger partial charge in [0.25, 0.3) is 0 Å². The molecule has 1 aromatic heterocycles. The number of carbonyl (C=O) groups is 1. The smallest absolute Gasteiger partial charge is 0.216 e. The van der Waals surface area contributed by atoms with Gasteiger partial charge in [0.2, 0.25) is 5.91 Å². The van der Waals surface area contributed by atoms with Crippen molar-refractivity contribution in [3.05, 3.63) is 29.5 Å². The van der Waals surface area contributed by atoms with Crippen molar-refractivity contribution < 1.29 is 9.90 Å². The molecule has 108 valence electrons. The highest BCUT2D eigenvalue weighted by molar-refractivity contribution is 5.86. The van der Waals surface area contributed by atoms with E-state index in [1.165, 1.54) is 18.2 Å². The molecule has 0 aliphatic heterocycles. The normalized spacial score (nSPS) is 10.9. The van der Waals surface area contributed by atoms with Gasteiger partial charge in [-0.15, -0.1) is 0 Å². The predicted molar refractivity (Wildman–Crippen MR) is 81.0 cm³/mol. The van der Waals surface area contributed by atoms with Crippen molar-refractivity contribution in [1.82, 2.24) is 10.3 Å². The van der Waals surface area contributed by atoms with E-state index in [0.29, 0.717) is 6.54 Å². The maximum atomic E-state index is 11.0. The van der Waals surface area contributed by atoms with Crippen LogP contribution in [0, 0.1) is 0 Å². The first-order chi connectivity index (χ1) is 9.61. The number of nitrogens with one attached hydrogen (secondary N) is 2. The minimum absolute atomic E-state index is 0.0113. The molecular weight excluding hydrogens is 252 g/mol. The van der Waals surface area contributed by atoms with Gasteiger partial charge in [0.15, 0.2) is 0 Å². The van der Waals surface area contributed by atoms with Crippen molar-refractivity contribution in [2.75, 3.05) is 6.54 Å². The maximum absolute atomic E-state index is 11.0. The molecule has 2 rings (SSSR count). The zero-order valence-corrected chi connectivity index (χ0v) is 12.1. The number of aromatic amines is 1. The number of phenols is 1. The highest BCUT2D eigenvalue weighted by Crippen LogP contribution is 2.27. The monoisotopic (exact) mass is 274 g/mol. The van der Waals surface area contributed by atoms with Crippen molar-refractivity contribution >= 4 is 16.8 Å². The van der Waals surface area contributed by atoms with E-state index in [1.807, 2.05) is 6.07 Å². The lowest BCUT2D eigenvalue weighted by atomic mass is 10.0. The first-order valence-electron chi connectivity index (χ1n) is 7.18. The second-order valence-corrected chi connectivity index (χ2v) is 5.15. The van der Waals surface area contributed by atoms with E-state index in [4.69, 9.17) is 0 Å². The number of fused-ring (bicyclic) bond motifs is 1.